The molecule has 7 heteroatoms. The lowest BCUT2D eigenvalue weighted by atomic mass is 10.2. The summed E-state index contributed by atoms with van der Waals surface area (Å²) in [5, 5.41) is 0.960. The first-order valence-electron chi connectivity index (χ1n) is 9.20. The number of aromatic nitrogens is 1. The number of benzene rings is 1. The Morgan fingerprint density at radius 3 is 2.62 bits per heavy atom. The molecular weight excluding hydrogens is 348 g/mol. The molecule has 138 valence electrons. The summed E-state index contributed by atoms with van der Waals surface area (Å²) in [5.74, 6) is 0.693. The molecule has 1 aromatic heterocycles. The largest absolute Gasteiger partial charge is 0.340 e. The number of likely N-dealkylation sites (N-methyl/N-ethyl adjacent to an activating group) is 1. The highest BCUT2D eigenvalue weighted by Gasteiger charge is 2.34. The molecule has 1 saturated heterocycles. The van der Waals surface area contributed by atoms with Crippen molar-refractivity contribution in [2.75, 3.05) is 39.8 Å². The number of amides is 2. The van der Waals surface area contributed by atoms with E-state index in [2.05, 4.69) is 16.0 Å². The molecule has 0 atom stereocenters. The molecule has 0 N–H and O–H groups in total. The Morgan fingerprint density at radius 1 is 1.19 bits per heavy atom. The number of thiazole rings is 1. The highest BCUT2D eigenvalue weighted by Crippen LogP contribution is 2.31. The van der Waals surface area contributed by atoms with Crippen LogP contribution in [0.2, 0.25) is 0 Å². The van der Waals surface area contributed by atoms with Crippen LogP contribution in [0.3, 0.4) is 0 Å². The summed E-state index contributed by atoms with van der Waals surface area (Å²) >= 11 is 1.64. The van der Waals surface area contributed by atoms with Gasteiger partial charge in [0.1, 0.15) is 5.01 Å². The molecular formula is C19H24N4O2S. The van der Waals surface area contributed by atoms with E-state index in [-0.39, 0.29) is 11.8 Å². The fraction of sp³-hybridized carbons (Fsp3) is 0.526. The Bertz CT molecular complexity index is 776. The van der Waals surface area contributed by atoms with Gasteiger partial charge in [0.15, 0.2) is 0 Å². The van der Waals surface area contributed by atoms with Crippen molar-refractivity contribution in [1.29, 1.82) is 0 Å². The number of fused-ring (bicyclic) bond motifs is 1. The van der Waals surface area contributed by atoms with Gasteiger partial charge in [-0.25, -0.2) is 4.98 Å². The molecule has 6 nitrogen and oxygen atoms in total. The van der Waals surface area contributed by atoms with Crippen molar-refractivity contribution in [1.82, 2.24) is 19.7 Å². The van der Waals surface area contributed by atoms with Crippen molar-refractivity contribution in [2.45, 2.75) is 19.4 Å². The Balaban J connectivity index is 1.27. The fourth-order valence-corrected chi connectivity index (χ4v) is 4.33. The Morgan fingerprint density at radius 2 is 1.92 bits per heavy atom. The van der Waals surface area contributed by atoms with Crippen molar-refractivity contribution in [3.8, 4) is 0 Å². The number of para-hydroxylation sites is 1. The molecule has 1 aromatic carbocycles. The van der Waals surface area contributed by atoms with Crippen molar-refractivity contribution >= 4 is 33.4 Å². The van der Waals surface area contributed by atoms with Crippen LogP contribution in [0, 0.1) is 5.92 Å². The van der Waals surface area contributed by atoms with Crippen LogP contribution in [0.15, 0.2) is 24.3 Å². The molecule has 2 heterocycles. The first kappa shape index (κ1) is 17.4. The van der Waals surface area contributed by atoms with Gasteiger partial charge in [0.2, 0.25) is 11.8 Å². The van der Waals surface area contributed by atoms with Crippen molar-refractivity contribution in [2.24, 2.45) is 5.92 Å². The van der Waals surface area contributed by atoms with Crippen LogP contribution in [0.1, 0.15) is 17.8 Å². The van der Waals surface area contributed by atoms with E-state index in [9.17, 15) is 9.59 Å². The third-order valence-corrected chi connectivity index (χ3v) is 6.13. The Kier molecular flexibility index (Phi) is 4.91. The predicted octanol–water partition coefficient (Wildman–Crippen LogP) is 1.81. The maximum Gasteiger partial charge on any atom is 0.236 e. The number of hydrogen-bond acceptors (Lipinski definition) is 5. The lowest BCUT2D eigenvalue weighted by Crippen LogP contribution is -2.51. The monoisotopic (exact) mass is 372 g/mol. The van der Waals surface area contributed by atoms with Crippen molar-refractivity contribution in [3.63, 3.8) is 0 Å². The maximum absolute atomic E-state index is 12.5. The summed E-state index contributed by atoms with van der Waals surface area (Å²) in [6, 6.07) is 8.04. The number of hydrogen-bond donors (Lipinski definition) is 0. The Hall–Kier alpha value is -1.99. The standard InChI is InChI=1S/C19H24N4O2S/c1-21(12-17-20-15-4-2-3-5-16(15)26-17)18(24)13-22-8-10-23(11-9-22)19(25)14-6-7-14/h2-5,14H,6-13H2,1H3. The summed E-state index contributed by atoms with van der Waals surface area (Å²) in [7, 11) is 1.83. The zero-order chi connectivity index (χ0) is 18.1. The van der Waals surface area contributed by atoms with Gasteiger partial charge in [-0.3, -0.25) is 14.5 Å². The molecule has 2 fully saturated rings. The smallest absolute Gasteiger partial charge is 0.236 e. The van der Waals surface area contributed by atoms with Gasteiger partial charge in [-0.2, -0.15) is 0 Å². The number of rotatable bonds is 5. The van der Waals surface area contributed by atoms with Crippen LogP contribution < -0.4 is 0 Å². The molecule has 0 radical (unpaired) electrons. The van der Waals surface area contributed by atoms with Gasteiger partial charge < -0.3 is 9.80 Å². The molecule has 0 bridgehead atoms. The van der Waals surface area contributed by atoms with Gasteiger partial charge in [-0.05, 0) is 25.0 Å². The molecule has 26 heavy (non-hydrogen) atoms. The molecule has 1 aliphatic heterocycles. The second kappa shape index (κ2) is 7.32. The lowest BCUT2D eigenvalue weighted by molar-refractivity contribution is -0.135. The number of piperazine rings is 1. The fourth-order valence-electron chi connectivity index (χ4n) is 3.31. The second-order valence-electron chi connectivity index (χ2n) is 7.20. The minimum Gasteiger partial charge on any atom is -0.340 e. The lowest BCUT2D eigenvalue weighted by Gasteiger charge is -2.35. The number of carbonyl (C=O) groups is 2. The normalized spacial score (nSPS) is 18.3. The topological polar surface area (TPSA) is 56.8 Å². The van der Waals surface area contributed by atoms with E-state index in [0.717, 1.165) is 54.2 Å². The molecule has 0 spiro atoms. The van der Waals surface area contributed by atoms with Crippen molar-refractivity contribution in [3.05, 3.63) is 29.3 Å². The van der Waals surface area contributed by atoms with Gasteiger partial charge in [0, 0.05) is 39.1 Å². The number of carbonyl (C=O) groups excluding carboxylic acids is 2. The number of nitrogens with zero attached hydrogens (tertiary/aromatic N) is 4. The van der Waals surface area contributed by atoms with Gasteiger partial charge >= 0.3 is 0 Å². The average molecular weight is 372 g/mol. The zero-order valence-electron chi connectivity index (χ0n) is 15.1. The van der Waals surface area contributed by atoms with E-state index in [4.69, 9.17) is 0 Å². The summed E-state index contributed by atoms with van der Waals surface area (Å²) in [4.78, 5) is 35.1. The summed E-state index contributed by atoms with van der Waals surface area (Å²) in [6.07, 6.45) is 2.10. The summed E-state index contributed by atoms with van der Waals surface area (Å²) in [6.45, 7) is 3.98. The van der Waals surface area contributed by atoms with Gasteiger partial charge in [-0.1, -0.05) is 12.1 Å². The predicted molar refractivity (Wildman–Crippen MR) is 102 cm³/mol. The van der Waals surface area contributed by atoms with Crippen molar-refractivity contribution < 1.29 is 9.59 Å². The molecule has 1 saturated carbocycles. The van der Waals surface area contributed by atoms with Crippen LogP contribution >= 0.6 is 11.3 Å². The van der Waals surface area contributed by atoms with Crippen LogP contribution in [0.4, 0.5) is 0 Å². The third kappa shape index (κ3) is 3.88. The van der Waals surface area contributed by atoms with E-state index < -0.39 is 0 Å². The average Bonchev–Trinajstić information content (AvgIpc) is 3.41. The minimum atomic E-state index is 0.103. The van der Waals surface area contributed by atoms with Crippen LogP contribution in [-0.2, 0) is 16.1 Å². The highest BCUT2D eigenvalue weighted by molar-refractivity contribution is 7.18. The summed E-state index contributed by atoms with van der Waals surface area (Å²) < 4.78 is 1.15. The first-order chi connectivity index (χ1) is 12.6. The molecule has 2 amide bonds. The quantitative estimate of drug-likeness (QED) is 0.803. The van der Waals surface area contributed by atoms with E-state index >= 15 is 0 Å². The maximum atomic E-state index is 12.5. The molecule has 0 unspecified atom stereocenters. The van der Waals surface area contributed by atoms with Gasteiger partial charge in [0.05, 0.1) is 23.3 Å². The SMILES string of the molecule is CN(Cc1nc2ccccc2s1)C(=O)CN1CCN(C(=O)C2CC2)CC1. The van der Waals surface area contributed by atoms with E-state index in [1.54, 1.807) is 16.2 Å². The zero-order valence-corrected chi connectivity index (χ0v) is 15.9. The van der Waals surface area contributed by atoms with E-state index in [0.29, 0.717) is 19.0 Å². The highest BCUT2D eigenvalue weighted by atomic mass is 32.1. The molecule has 1 aliphatic carbocycles. The Labute approximate surface area is 157 Å². The van der Waals surface area contributed by atoms with Gasteiger partial charge in [0.25, 0.3) is 0 Å². The molecule has 2 aromatic rings. The van der Waals surface area contributed by atoms with Crippen LogP contribution in [0.25, 0.3) is 10.2 Å². The second-order valence-corrected chi connectivity index (χ2v) is 8.32. The third-order valence-electron chi connectivity index (χ3n) is 5.11. The first-order valence-corrected chi connectivity index (χ1v) is 10.0. The van der Waals surface area contributed by atoms with Gasteiger partial charge in [-0.15, -0.1) is 11.3 Å². The van der Waals surface area contributed by atoms with E-state index in [1.807, 2.05) is 30.1 Å². The van der Waals surface area contributed by atoms with E-state index in [1.165, 1.54) is 0 Å². The van der Waals surface area contributed by atoms with Crippen LogP contribution in [0.5, 0.6) is 0 Å². The summed E-state index contributed by atoms with van der Waals surface area (Å²) in [5.41, 5.74) is 0.991. The van der Waals surface area contributed by atoms with Crippen LogP contribution in [-0.4, -0.2) is 71.3 Å². The minimum absolute atomic E-state index is 0.103. The molecule has 4 rings (SSSR count). The molecule has 2 aliphatic rings.